The Balaban J connectivity index is 2.51. The van der Waals surface area contributed by atoms with E-state index in [0.717, 1.165) is 13.0 Å². The van der Waals surface area contributed by atoms with E-state index in [2.05, 4.69) is 20.6 Å². The minimum atomic E-state index is -2.45. The molecule has 0 atom stereocenters. The molecule has 0 bridgehead atoms. The summed E-state index contributed by atoms with van der Waals surface area (Å²) in [6.07, 6.45) is -0.0892. The van der Waals surface area contributed by atoms with Gasteiger partial charge in [0.2, 0.25) is 5.75 Å². The van der Waals surface area contributed by atoms with Crippen LogP contribution >= 0.6 is 0 Å². The molecule has 0 aliphatic carbocycles. The van der Waals surface area contributed by atoms with Crippen LogP contribution in [0.2, 0.25) is 0 Å². The fraction of sp³-hybridized carbons (Fsp3) is 0.667. The van der Waals surface area contributed by atoms with Crippen molar-refractivity contribution in [2.24, 2.45) is 0 Å². The average Bonchev–Trinajstić information content (AvgIpc) is 2.44. The van der Waals surface area contributed by atoms with Crippen LogP contribution in [0.15, 0.2) is 6.33 Å². The van der Waals surface area contributed by atoms with Crippen molar-refractivity contribution in [3.8, 4) is 5.75 Å². The van der Waals surface area contributed by atoms with Gasteiger partial charge in [0.15, 0.2) is 11.6 Å². The normalized spacial score (nSPS) is 10.7. The Morgan fingerprint density at radius 3 is 2.40 bits per heavy atom. The Bertz CT molecular complexity index is 394. The number of hydrogen-bond acceptors (Lipinski definition) is 6. The maximum atomic E-state index is 11.9. The summed E-state index contributed by atoms with van der Waals surface area (Å²) >= 11 is 0. The van der Waals surface area contributed by atoms with Crippen molar-refractivity contribution in [3.05, 3.63) is 6.33 Å². The van der Waals surface area contributed by atoms with Gasteiger partial charge in [-0.25, -0.2) is 18.7 Å². The minimum absolute atomic E-state index is 0.162. The van der Waals surface area contributed by atoms with Crippen LogP contribution in [0.1, 0.15) is 13.3 Å². The SMILES string of the molecule is CCCNc1ncnc(NCCOCC(F)F)c1OC. The lowest BCUT2D eigenvalue weighted by atomic mass is 10.4. The molecule has 1 aromatic heterocycles. The lowest BCUT2D eigenvalue weighted by Gasteiger charge is -2.13. The molecule has 8 heteroatoms. The van der Waals surface area contributed by atoms with Crippen molar-refractivity contribution in [2.45, 2.75) is 19.8 Å². The highest BCUT2D eigenvalue weighted by Crippen LogP contribution is 2.28. The van der Waals surface area contributed by atoms with Crippen LogP contribution in [0, 0.1) is 0 Å². The first-order valence-electron chi connectivity index (χ1n) is 6.41. The molecular weight excluding hydrogens is 270 g/mol. The largest absolute Gasteiger partial charge is 0.490 e. The molecule has 0 spiro atoms. The van der Waals surface area contributed by atoms with Crippen LogP contribution in [-0.2, 0) is 4.74 Å². The van der Waals surface area contributed by atoms with Gasteiger partial charge < -0.3 is 20.1 Å². The highest BCUT2D eigenvalue weighted by molar-refractivity contribution is 5.63. The first-order valence-corrected chi connectivity index (χ1v) is 6.41. The fourth-order valence-corrected chi connectivity index (χ4v) is 1.48. The molecule has 1 rings (SSSR count). The monoisotopic (exact) mass is 290 g/mol. The quantitative estimate of drug-likeness (QED) is 0.642. The van der Waals surface area contributed by atoms with Gasteiger partial charge in [-0.05, 0) is 6.42 Å². The third-order valence-electron chi connectivity index (χ3n) is 2.33. The van der Waals surface area contributed by atoms with Gasteiger partial charge in [-0.2, -0.15) is 0 Å². The average molecular weight is 290 g/mol. The molecule has 0 fully saturated rings. The number of nitrogens with one attached hydrogen (secondary N) is 2. The number of aromatic nitrogens is 2. The zero-order chi connectivity index (χ0) is 14.8. The van der Waals surface area contributed by atoms with Crippen molar-refractivity contribution in [3.63, 3.8) is 0 Å². The summed E-state index contributed by atoms with van der Waals surface area (Å²) in [6.45, 7) is 2.76. The summed E-state index contributed by atoms with van der Waals surface area (Å²) in [5.74, 6) is 1.59. The third kappa shape index (κ3) is 5.52. The first-order chi connectivity index (χ1) is 9.69. The van der Waals surface area contributed by atoms with Gasteiger partial charge in [0.1, 0.15) is 12.9 Å². The molecule has 0 radical (unpaired) electrons. The van der Waals surface area contributed by atoms with E-state index in [1.165, 1.54) is 13.4 Å². The summed E-state index contributed by atoms with van der Waals surface area (Å²) in [5.41, 5.74) is 0. The molecular formula is C12H20F2N4O2. The van der Waals surface area contributed by atoms with Gasteiger partial charge in [-0.15, -0.1) is 0 Å². The number of nitrogens with zero attached hydrogens (tertiary/aromatic N) is 2. The maximum absolute atomic E-state index is 11.9. The van der Waals surface area contributed by atoms with E-state index in [1.807, 2.05) is 6.92 Å². The fourth-order valence-electron chi connectivity index (χ4n) is 1.48. The van der Waals surface area contributed by atoms with E-state index in [4.69, 9.17) is 9.47 Å². The van der Waals surface area contributed by atoms with Gasteiger partial charge in [-0.1, -0.05) is 6.92 Å². The Labute approximate surface area is 116 Å². The summed E-state index contributed by atoms with van der Waals surface area (Å²) in [5, 5.41) is 6.09. The van der Waals surface area contributed by atoms with Crippen molar-refractivity contribution in [1.82, 2.24) is 9.97 Å². The first kappa shape index (κ1) is 16.4. The number of rotatable bonds is 10. The van der Waals surface area contributed by atoms with Crippen LogP contribution in [-0.4, -0.2) is 49.8 Å². The Morgan fingerprint density at radius 2 is 1.85 bits per heavy atom. The minimum Gasteiger partial charge on any atom is -0.490 e. The van der Waals surface area contributed by atoms with Crippen molar-refractivity contribution >= 4 is 11.6 Å². The van der Waals surface area contributed by atoms with Gasteiger partial charge in [0.05, 0.1) is 13.7 Å². The molecule has 0 amide bonds. The summed E-state index contributed by atoms with van der Waals surface area (Å²) in [6, 6.07) is 0. The Hall–Kier alpha value is -1.70. The smallest absolute Gasteiger partial charge is 0.261 e. The molecule has 0 aliphatic heterocycles. The van der Waals surface area contributed by atoms with Crippen LogP contribution in [0.5, 0.6) is 5.75 Å². The van der Waals surface area contributed by atoms with E-state index in [9.17, 15) is 8.78 Å². The molecule has 20 heavy (non-hydrogen) atoms. The molecule has 0 saturated carbocycles. The summed E-state index contributed by atoms with van der Waals surface area (Å²) < 4.78 is 33.8. The van der Waals surface area contributed by atoms with E-state index >= 15 is 0 Å². The van der Waals surface area contributed by atoms with Crippen LogP contribution in [0.25, 0.3) is 0 Å². The predicted molar refractivity (Wildman–Crippen MR) is 72.7 cm³/mol. The van der Waals surface area contributed by atoms with E-state index in [-0.39, 0.29) is 6.61 Å². The molecule has 114 valence electrons. The number of anilines is 2. The Morgan fingerprint density at radius 1 is 1.20 bits per heavy atom. The van der Waals surface area contributed by atoms with Gasteiger partial charge in [-0.3, -0.25) is 0 Å². The molecule has 0 aromatic carbocycles. The molecule has 6 nitrogen and oxygen atoms in total. The molecule has 1 aromatic rings. The molecule has 1 heterocycles. The molecule has 2 N–H and O–H groups in total. The lowest BCUT2D eigenvalue weighted by molar-refractivity contribution is 0.0214. The third-order valence-corrected chi connectivity index (χ3v) is 2.33. The second-order valence-electron chi connectivity index (χ2n) is 3.92. The van der Waals surface area contributed by atoms with Crippen LogP contribution in [0.3, 0.4) is 0 Å². The van der Waals surface area contributed by atoms with Gasteiger partial charge >= 0.3 is 0 Å². The summed E-state index contributed by atoms with van der Waals surface area (Å²) in [7, 11) is 1.52. The van der Waals surface area contributed by atoms with Crippen LogP contribution < -0.4 is 15.4 Å². The van der Waals surface area contributed by atoms with Crippen LogP contribution in [0.4, 0.5) is 20.4 Å². The lowest BCUT2D eigenvalue weighted by Crippen LogP contribution is -2.15. The second kappa shape index (κ2) is 9.24. The molecule has 0 saturated heterocycles. The number of halogens is 2. The van der Waals surface area contributed by atoms with Gasteiger partial charge in [0.25, 0.3) is 6.43 Å². The van der Waals surface area contributed by atoms with E-state index < -0.39 is 13.0 Å². The highest BCUT2D eigenvalue weighted by Gasteiger charge is 2.11. The molecule has 0 unspecified atom stereocenters. The zero-order valence-corrected chi connectivity index (χ0v) is 11.7. The van der Waals surface area contributed by atoms with Gasteiger partial charge in [0, 0.05) is 13.1 Å². The second-order valence-corrected chi connectivity index (χ2v) is 3.92. The summed E-state index contributed by atoms with van der Waals surface area (Å²) in [4.78, 5) is 8.16. The maximum Gasteiger partial charge on any atom is 0.261 e. The standard InChI is InChI=1S/C12H20F2N4O2/c1-3-4-15-11-10(19-2)12(18-8-17-11)16-5-6-20-7-9(13)14/h8-9H,3-7H2,1-2H3,(H2,15,16,17,18). The zero-order valence-electron chi connectivity index (χ0n) is 11.7. The van der Waals surface area contributed by atoms with Crippen molar-refractivity contribution < 1.29 is 18.3 Å². The number of methoxy groups -OCH3 is 1. The van der Waals surface area contributed by atoms with E-state index in [0.29, 0.717) is 23.9 Å². The van der Waals surface area contributed by atoms with E-state index in [1.54, 1.807) is 0 Å². The Kier molecular flexibility index (Phi) is 7.56. The topological polar surface area (TPSA) is 68.3 Å². The predicted octanol–water partition coefficient (Wildman–Crippen LogP) is 2.00. The number of hydrogen-bond donors (Lipinski definition) is 2. The molecule has 0 aliphatic rings. The van der Waals surface area contributed by atoms with Crippen molar-refractivity contribution in [2.75, 3.05) is 44.0 Å². The number of alkyl halides is 2. The van der Waals surface area contributed by atoms with Crippen molar-refractivity contribution in [1.29, 1.82) is 0 Å². The highest BCUT2D eigenvalue weighted by atomic mass is 19.3. The number of ether oxygens (including phenoxy) is 2.